The minimum atomic E-state index is -4.60. The zero-order valence-corrected chi connectivity index (χ0v) is 13.1. The van der Waals surface area contributed by atoms with Gasteiger partial charge in [0, 0.05) is 13.0 Å². The van der Waals surface area contributed by atoms with Crippen molar-refractivity contribution in [2.75, 3.05) is 13.1 Å². The van der Waals surface area contributed by atoms with Crippen LogP contribution >= 0.6 is 11.8 Å². The highest BCUT2D eigenvalue weighted by Gasteiger charge is 2.37. The highest BCUT2D eigenvalue weighted by atomic mass is 32.2. The van der Waals surface area contributed by atoms with Crippen LogP contribution in [-0.2, 0) is 19.0 Å². The molecule has 3 heterocycles. The summed E-state index contributed by atoms with van der Waals surface area (Å²) in [5, 5.41) is 15.2. The second-order valence-corrected chi connectivity index (χ2v) is 6.16. The molecule has 0 unspecified atom stereocenters. The molecular weight excluding hydrogens is 333 g/mol. The van der Waals surface area contributed by atoms with Crippen LogP contribution in [0.5, 0.6) is 0 Å². The molecule has 0 amide bonds. The Balaban J connectivity index is 1.64. The summed E-state index contributed by atoms with van der Waals surface area (Å²) in [6, 6.07) is 0. The lowest BCUT2D eigenvalue weighted by molar-refractivity contribution is -0.146. The predicted octanol–water partition coefficient (Wildman–Crippen LogP) is 1.98. The Kier molecular flexibility index (Phi) is 4.57. The van der Waals surface area contributed by atoms with Crippen LogP contribution in [0.15, 0.2) is 9.68 Å². The number of halogens is 3. The van der Waals surface area contributed by atoms with Gasteiger partial charge in [-0.2, -0.15) is 18.2 Å². The largest absolute Gasteiger partial charge is 0.455 e. The molecule has 3 rings (SSSR count). The first-order valence-corrected chi connectivity index (χ1v) is 8.06. The number of rotatable bonds is 4. The molecule has 126 valence electrons. The Morgan fingerprint density at radius 1 is 1.30 bits per heavy atom. The van der Waals surface area contributed by atoms with Gasteiger partial charge >= 0.3 is 6.18 Å². The quantitative estimate of drug-likeness (QED) is 0.846. The van der Waals surface area contributed by atoms with Gasteiger partial charge < -0.3 is 14.4 Å². The molecule has 7 nitrogen and oxygen atoms in total. The fourth-order valence-electron chi connectivity index (χ4n) is 2.44. The number of hydrogen-bond acceptors (Lipinski definition) is 7. The van der Waals surface area contributed by atoms with Gasteiger partial charge in [0.15, 0.2) is 5.16 Å². The number of nitrogens with one attached hydrogen (secondary N) is 1. The van der Waals surface area contributed by atoms with Gasteiger partial charge in [0.25, 0.3) is 5.82 Å². The first kappa shape index (κ1) is 16.2. The van der Waals surface area contributed by atoms with E-state index in [9.17, 15) is 13.2 Å². The van der Waals surface area contributed by atoms with E-state index in [0.717, 1.165) is 31.8 Å². The van der Waals surface area contributed by atoms with Crippen molar-refractivity contribution in [2.24, 2.45) is 7.05 Å². The lowest BCUT2D eigenvalue weighted by Gasteiger charge is -2.21. The predicted molar refractivity (Wildman–Crippen MR) is 74.7 cm³/mol. The Morgan fingerprint density at radius 3 is 2.70 bits per heavy atom. The van der Waals surface area contributed by atoms with E-state index in [1.807, 2.05) is 11.6 Å². The minimum absolute atomic E-state index is 0.0891. The summed E-state index contributed by atoms with van der Waals surface area (Å²) in [5.74, 6) is 0.00964. The van der Waals surface area contributed by atoms with E-state index in [1.165, 1.54) is 11.8 Å². The Bertz CT molecular complexity index is 664. The highest BCUT2D eigenvalue weighted by Crippen LogP contribution is 2.29. The molecule has 1 aliphatic heterocycles. The fraction of sp³-hybridized carbons (Fsp3) is 0.667. The lowest BCUT2D eigenvalue weighted by atomic mass is 9.97. The number of aromatic nitrogens is 5. The van der Waals surface area contributed by atoms with Crippen LogP contribution in [0.1, 0.15) is 36.3 Å². The second-order valence-electron chi connectivity index (χ2n) is 5.22. The van der Waals surface area contributed by atoms with Crippen molar-refractivity contribution in [3.63, 3.8) is 0 Å². The van der Waals surface area contributed by atoms with Crippen LogP contribution in [-0.4, -0.2) is 38.0 Å². The van der Waals surface area contributed by atoms with Crippen LogP contribution in [0.3, 0.4) is 0 Å². The van der Waals surface area contributed by atoms with Crippen molar-refractivity contribution in [3.05, 3.63) is 17.5 Å². The SMILES string of the molecule is Cn1c(SCc2nc(C(F)(F)F)no2)nnc1C1CCNCC1. The molecule has 0 bridgehead atoms. The van der Waals surface area contributed by atoms with Crippen LogP contribution in [0.25, 0.3) is 0 Å². The molecule has 1 aliphatic rings. The first-order chi connectivity index (χ1) is 10.9. The van der Waals surface area contributed by atoms with Crippen molar-refractivity contribution in [3.8, 4) is 0 Å². The highest BCUT2D eigenvalue weighted by molar-refractivity contribution is 7.98. The van der Waals surface area contributed by atoms with Crippen molar-refractivity contribution in [1.82, 2.24) is 30.2 Å². The molecule has 2 aromatic heterocycles. The third kappa shape index (κ3) is 3.66. The third-order valence-corrected chi connectivity index (χ3v) is 4.62. The molecule has 11 heteroatoms. The Labute approximate surface area is 134 Å². The zero-order chi connectivity index (χ0) is 16.4. The molecule has 0 aliphatic carbocycles. The maximum absolute atomic E-state index is 12.4. The maximum Gasteiger partial charge on any atom is 0.455 e. The van der Waals surface area contributed by atoms with Gasteiger partial charge in [-0.05, 0) is 25.9 Å². The molecule has 0 radical (unpaired) electrons. The molecule has 0 atom stereocenters. The summed E-state index contributed by atoms with van der Waals surface area (Å²) < 4.78 is 43.7. The van der Waals surface area contributed by atoms with E-state index in [1.54, 1.807) is 0 Å². The van der Waals surface area contributed by atoms with E-state index in [-0.39, 0.29) is 11.6 Å². The average molecular weight is 348 g/mol. The van der Waals surface area contributed by atoms with Gasteiger partial charge in [0.2, 0.25) is 5.89 Å². The van der Waals surface area contributed by atoms with Gasteiger partial charge in [-0.3, -0.25) is 0 Å². The molecule has 1 N–H and O–H groups in total. The molecular formula is C12H15F3N6OS. The van der Waals surface area contributed by atoms with Crippen molar-refractivity contribution in [2.45, 2.75) is 35.8 Å². The maximum atomic E-state index is 12.4. The smallest absolute Gasteiger partial charge is 0.338 e. The van der Waals surface area contributed by atoms with Crippen LogP contribution in [0.2, 0.25) is 0 Å². The molecule has 23 heavy (non-hydrogen) atoms. The van der Waals surface area contributed by atoms with Gasteiger partial charge in [0.05, 0.1) is 5.75 Å². The van der Waals surface area contributed by atoms with E-state index >= 15 is 0 Å². The number of piperidine rings is 1. The number of hydrogen-bond donors (Lipinski definition) is 1. The first-order valence-electron chi connectivity index (χ1n) is 7.07. The van der Waals surface area contributed by atoms with E-state index in [4.69, 9.17) is 0 Å². The van der Waals surface area contributed by atoms with Crippen molar-refractivity contribution >= 4 is 11.8 Å². The summed E-state index contributed by atoms with van der Waals surface area (Å²) in [7, 11) is 1.86. The Morgan fingerprint density at radius 2 is 2.04 bits per heavy atom. The average Bonchev–Trinajstić information content (AvgIpc) is 3.13. The Hall–Kier alpha value is -1.62. The summed E-state index contributed by atoms with van der Waals surface area (Å²) in [5.41, 5.74) is 0. The van der Waals surface area contributed by atoms with Crippen LogP contribution in [0, 0.1) is 0 Å². The summed E-state index contributed by atoms with van der Waals surface area (Å²) in [6.45, 7) is 1.89. The molecule has 1 fully saturated rings. The molecule has 0 spiro atoms. The van der Waals surface area contributed by atoms with Crippen LogP contribution < -0.4 is 5.32 Å². The molecule has 0 aromatic carbocycles. The number of nitrogens with zero attached hydrogens (tertiary/aromatic N) is 5. The third-order valence-electron chi connectivity index (χ3n) is 3.62. The molecule has 2 aromatic rings. The summed E-state index contributed by atoms with van der Waals surface area (Å²) >= 11 is 1.22. The number of thioether (sulfide) groups is 1. The lowest BCUT2D eigenvalue weighted by Crippen LogP contribution is -2.27. The fourth-order valence-corrected chi connectivity index (χ4v) is 3.20. The van der Waals surface area contributed by atoms with Crippen LogP contribution in [0.4, 0.5) is 13.2 Å². The second kappa shape index (κ2) is 6.48. The zero-order valence-electron chi connectivity index (χ0n) is 12.3. The minimum Gasteiger partial charge on any atom is -0.338 e. The number of alkyl halides is 3. The standard InChI is InChI=1S/C12H15F3N6OS/c1-21-9(7-2-4-16-5-3-7)18-19-11(21)23-6-8-17-10(20-22-8)12(13,14)15/h7,16H,2-6H2,1H3. The summed E-state index contributed by atoms with van der Waals surface area (Å²) in [6.07, 6.45) is -2.61. The van der Waals surface area contributed by atoms with Crippen molar-refractivity contribution in [1.29, 1.82) is 0 Å². The molecule has 0 saturated carbocycles. The monoisotopic (exact) mass is 348 g/mol. The van der Waals surface area contributed by atoms with E-state index < -0.39 is 12.0 Å². The van der Waals surface area contributed by atoms with E-state index in [0.29, 0.717) is 11.1 Å². The van der Waals surface area contributed by atoms with Gasteiger partial charge in [0.1, 0.15) is 5.82 Å². The van der Waals surface area contributed by atoms with E-state index in [2.05, 4.69) is 30.2 Å². The van der Waals surface area contributed by atoms with Crippen molar-refractivity contribution < 1.29 is 17.7 Å². The van der Waals surface area contributed by atoms with Gasteiger partial charge in [-0.25, -0.2) is 0 Å². The summed E-state index contributed by atoms with van der Waals surface area (Å²) in [4.78, 5) is 3.33. The topological polar surface area (TPSA) is 81.7 Å². The van der Waals surface area contributed by atoms with Gasteiger partial charge in [-0.1, -0.05) is 16.9 Å². The van der Waals surface area contributed by atoms with Gasteiger partial charge in [-0.15, -0.1) is 10.2 Å². The normalized spacial score (nSPS) is 16.9. The molecule has 1 saturated heterocycles.